The Balaban J connectivity index is 1.95. The van der Waals surface area contributed by atoms with E-state index in [1.807, 2.05) is 66.7 Å². The number of rotatable bonds is 6. The molecule has 126 valence electrons. The lowest BCUT2D eigenvalue weighted by atomic mass is 9.99. The van der Waals surface area contributed by atoms with Gasteiger partial charge in [-0.25, -0.2) is 0 Å². The fourth-order valence-electron chi connectivity index (χ4n) is 2.74. The van der Waals surface area contributed by atoms with E-state index in [2.05, 4.69) is 0 Å². The molecule has 0 aromatic heterocycles. The number of carboxylic acids is 1. The minimum atomic E-state index is -1.01. The first-order chi connectivity index (χ1) is 12.1. The van der Waals surface area contributed by atoms with Crippen LogP contribution in [0.25, 0.3) is 10.8 Å². The van der Waals surface area contributed by atoms with E-state index >= 15 is 0 Å². The molecule has 0 aliphatic rings. The van der Waals surface area contributed by atoms with Crippen molar-refractivity contribution in [2.45, 2.75) is 19.3 Å². The molecular formula is C21H18O4. The average Bonchev–Trinajstić information content (AvgIpc) is 2.63. The minimum Gasteiger partial charge on any atom is -0.481 e. The van der Waals surface area contributed by atoms with Crippen molar-refractivity contribution in [3.05, 3.63) is 77.9 Å². The largest absolute Gasteiger partial charge is 0.481 e. The summed E-state index contributed by atoms with van der Waals surface area (Å²) < 4.78 is 5.58. The lowest BCUT2D eigenvalue weighted by molar-refractivity contribution is -0.142. The Bertz CT molecular complexity index is 900. The van der Waals surface area contributed by atoms with Crippen LogP contribution in [0, 0.1) is 0 Å². The molecule has 1 N–H and O–H groups in total. The summed E-state index contributed by atoms with van der Waals surface area (Å²) in [4.78, 5) is 22.7. The molecule has 0 saturated carbocycles. The second kappa shape index (κ2) is 7.62. The van der Waals surface area contributed by atoms with Gasteiger partial charge in [-0.05, 0) is 16.5 Å². The molecule has 3 aromatic rings. The van der Waals surface area contributed by atoms with Crippen LogP contribution in [0.1, 0.15) is 24.0 Å². The highest BCUT2D eigenvalue weighted by molar-refractivity contribution is 5.92. The number of carbonyl (C=O) groups excluding carboxylic acids is 1. The summed E-state index contributed by atoms with van der Waals surface area (Å²) in [6.45, 7) is 0. The van der Waals surface area contributed by atoms with E-state index in [-0.39, 0.29) is 12.8 Å². The van der Waals surface area contributed by atoms with Crippen molar-refractivity contribution in [1.82, 2.24) is 0 Å². The van der Waals surface area contributed by atoms with Gasteiger partial charge in [0.15, 0.2) is 0 Å². The van der Waals surface area contributed by atoms with Crippen LogP contribution in [0.4, 0.5) is 0 Å². The van der Waals surface area contributed by atoms with Crippen LogP contribution in [0.15, 0.2) is 66.7 Å². The standard InChI is InChI=1S/C21H18O4/c22-19(23)12-13-20(24)25-21-17(14-15-6-2-1-3-7-15)11-10-16-8-4-5-9-18(16)21/h1-11H,12-14H2,(H,22,23). The highest BCUT2D eigenvalue weighted by Gasteiger charge is 2.15. The third-order valence-electron chi connectivity index (χ3n) is 3.96. The number of fused-ring (bicyclic) bond motifs is 1. The van der Waals surface area contributed by atoms with Crippen molar-refractivity contribution in [3.63, 3.8) is 0 Å². The van der Waals surface area contributed by atoms with Gasteiger partial charge in [0, 0.05) is 11.8 Å². The number of hydrogen-bond donors (Lipinski definition) is 1. The van der Waals surface area contributed by atoms with E-state index in [4.69, 9.17) is 9.84 Å². The molecular weight excluding hydrogens is 316 g/mol. The van der Waals surface area contributed by atoms with Crippen LogP contribution in [-0.4, -0.2) is 17.0 Å². The molecule has 0 bridgehead atoms. The van der Waals surface area contributed by atoms with Crippen molar-refractivity contribution in [2.24, 2.45) is 0 Å². The van der Waals surface area contributed by atoms with Gasteiger partial charge in [-0.3, -0.25) is 9.59 Å². The van der Waals surface area contributed by atoms with Crippen LogP contribution in [-0.2, 0) is 16.0 Å². The zero-order valence-electron chi connectivity index (χ0n) is 13.6. The zero-order valence-corrected chi connectivity index (χ0v) is 13.6. The molecule has 4 nitrogen and oxygen atoms in total. The predicted molar refractivity (Wildman–Crippen MR) is 95.7 cm³/mol. The molecule has 0 aliphatic heterocycles. The lowest BCUT2D eigenvalue weighted by Gasteiger charge is -2.13. The summed E-state index contributed by atoms with van der Waals surface area (Å²) >= 11 is 0. The first kappa shape index (κ1) is 16.7. The summed E-state index contributed by atoms with van der Waals surface area (Å²) in [5, 5.41) is 10.6. The molecule has 0 heterocycles. The molecule has 0 saturated heterocycles. The number of esters is 1. The third kappa shape index (κ3) is 4.23. The summed E-state index contributed by atoms with van der Waals surface area (Å²) in [5.41, 5.74) is 2.01. The van der Waals surface area contributed by atoms with E-state index in [1.54, 1.807) is 0 Å². The number of ether oxygens (including phenoxy) is 1. The van der Waals surface area contributed by atoms with Gasteiger partial charge in [-0.15, -0.1) is 0 Å². The van der Waals surface area contributed by atoms with Gasteiger partial charge in [0.05, 0.1) is 12.8 Å². The zero-order chi connectivity index (χ0) is 17.6. The maximum Gasteiger partial charge on any atom is 0.311 e. The fourth-order valence-corrected chi connectivity index (χ4v) is 2.74. The Hall–Kier alpha value is -3.14. The van der Waals surface area contributed by atoms with E-state index < -0.39 is 11.9 Å². The number of benzene rings is 3. The van der Waals surface area contributed by atoms with Crippen molar-refractivity contribution >= 4 is 22.7 Å². The Labute approximate surface area is 145 Å². The van der Waals surface area contributed by atoms with Crippen LogP contribution in [0.2, 0.25) is 0 Å². The third-order valence-corrected chi connectivity index (χ3v) is 3.96. The lowest BCUT2D eigenvalue weighted by Crippen LogP contribution is -2.12. The normalized spacial score (nSPS) is 10.6. The highest BCUT2D eigenvalue weighted by Crippen LogP contribution is 2.32. The molecule has 0 radical (unpaired) electrons. The molecule has 4 heteroatoms. The topological polar surface area (TPSA) is 63.6 Å². The van der Waals surface area contributed by atoms with E-state index in [0.717, 1.165) is 21.9 Å². The van der Waals surface area contributed by atoms with Gasteiger partial charge < -0.3 is 9.84 Å². The van der Waals surface area contributed by atoms with Crippen molar-refractivity contribution < 1.29 is 19.4 Å². The van der Waals surface area contributed by atoms with Crippen LogP contribution in [0.5, 0.6) is 5.75 Å². The SMILES string of the molecule is O=C(O)CCC(=O)Oc1c(Cc2ccccc2)ccc2ccccc12. The maximum absolute atomic E-state index is 12.1. The number of carbonyl (C=O) groups is 2. The number of carboxylic acid groups (broad SMARTS) is 1. The van der Waals surface area contributed by atoms with Crippen LogP contribution < -0.4 is 4.74 Å². The Morgan fingerprint density at radius 3 is 2.32 bits per heavy atom. The molecule has 0 unspecified atom stereocenters. The minimum absolute atomic E-state index is 0.149. The second-order valence-electron chi connectivity index (χ2n) is 5.81. The predicted octanol–water partition coefficient (Wildman–Crippen LogP) is 4.20. The summed E-state index contributed by atoms with van der Waals surface area (Å²) in [6.07, 6.45) is 0.244. The second-order valence-corrected chi connectivity index (χ2v) is 5.81. The van der Waals surface area contributed by atoms with Gasteiger partial charge in [-0.1, -0.05) is 66.7 Å². The smallest absolute Gasteiger partial charge is 0.311 e. The Morgan fingerprint density at radius 2 is 1.56 bits per heavy atom. The highest BCUT2D eigenvalue weighted by atomic mass is 16.5. The number of hydrogen-bond acceptors (Lipinski definition) is 3. The van der Waals surface area contributed by atoms with Gasteiger partial charge in [0.1, 0.15) is 5.75 Å². The van der Waals surface area contributed by atoms with Gasteiger partial charge >= 0.3 is 11.9 Å². The van der Waals surface area contributed by atoms with Crippen molar-refractivity contribution in [2.75, 3.05) is 0 Å². The molecule has 0 aliphatic carbocycles. The molecule has 3 rings (SSSR count). The Morgan fingerprint density at radius 1 is 0.840 bits per heavy atom. The molecule has 0 spiro atoms. The van der Waals surface area contributed by atoms with Gasteiger partial charge in [0.25, 0.3) is 0 Å². The average molecular weight is 334 g/mol. The fraction of sp³-hybridized carbons (Fsp3) is 0.143. The molecule has 25 heavy (non-hydrogen) atoms. The van der Waals surface area contributed by atoms with E-state index in [9.17, 15) is 9.59 Å². The molecule has 0 atom stereocenters. The first-order valence-corrected chi connectivity index (χ1v) is 8.10. The van der Waals surface area contributed by atoms with Crippen LogP contribution in [0.3, 0.4) is 0 Å². The molecule has 0 fully saturated rings. The first-order valence-electron chi connectivity index (χ1n) is 8.10. The summed E-state index contributed by atoms with van der Waals surface area (Å²) in [6, 6.07) is 21.6. The summed E-state index contributed by atoms with van der Waals surface area (Å²) in [7, 11) is 0. The van der Waals surface area contributed by atoms with Crippen LogP contribution >= 0.6 is 0 Å². The van der Waals surface area contributed by atoms with E-state index in [1.165, 1.54) is 0 Å². The Kier molecular flexibility index (Phi) is 5.09. The monoisotopic (exact) mass is 334 g/mol. The number of aliphatic carboxylic acids is 1. The quantitative estimate of drug-likeness (QED) is 0.542. The maximum atomic E-state index is 12.1. The van der Waals surface area contributed by atoms with Crippen molar-refractivity contribution in [3.8, 4) is 5.75 Å². The van der Waals surface area contributed by atoms with Crippen molar-refractivity contribution in [1.29, 1.82) is 0 Å². The molecule has 3 aromatic carbocycles. The van der Waals surface area contributed by atoms with E-state index in [0.29, 0.717) is 12.2 Å². The van der Waals surface area contributed by atoms with Gasteiger partial charge in [0.2, 0.25) is 0 Å². The summed E-state index contributed by atoms with van der Waals surface area (Å²) in [5.74, 6) is -1.04. The molecule has 0 amide bonds. The van der Waals surface area contributed by atoms with Gasteiger partial charge in [-0.2, -0.15) is 0 Å².